The molecule has 4 aliphatic rings. The van der Waals surface area contributed by atoms with Gasteiger partial charge in [0.2, 0.25) is 0 Å². The van der Waals surface area contributed by atoms with Gasteiger partial charge in [-0.05, 0) is 86.0 Å². The summed E-state index contributed by atoms with van der Waals surface area (Å²) in [4.78, 5) is 12.1. The van der Waals surface area contributed by atoms with E-state index in [-0.39, 0.29) is 0 Å². The number of allylic oxidation sites excluding steroid dienone is 4. The molecule has 0 saturated heterocycles. The summed E-state index contributed by atoms with van der Waals surface area (Å²) in [5.74, 6) is 3.23. The van der Waals surface area contributed by atoms with Crippen LogP contribution in [0.5, 0.6) is 0 Å². The van der Waals surface area contributed by atoms with Gasteiger partial charge in [0.15, 0.2) is 0 Å². The van der Waals surface area contributed by atoms with Crippen LogP contribution in [0.3, 0.4) is 0 Å². The molecule has 22 heavy (non-hydrogen) atoms. The molecule has 0 aromatic heterocycles. The zero-order valence-corrected chi connectivity index (χ0v) is 14.4. The molecule has 1 heteroatoms. The molecule has 1 nitrogen and oxygen atoms in total. The van der Waals surface area contributed by atoms with Gasteiger partial charge in [-0.2, -0.15) is 0 Å². The largest absolute Gasteiger partial charge is 0.300 e. The van der Waals surface area contributed by atoms with Crippen molar-refractivity contribution < 1.29 is 4.79 Å². The predicted molar refractivity (Wildman–Crippen MR) is 90.4 cm³/mol. The van der Waals surface area contributed by atoms with Crippen molar-refractivity contribution in [1.29, 1.82) is 0 Å². The highest BCUT2D eigenvalue weighted by Crippen LogP contribution is 2.65. The molecule has 0 heterocycles. The van der Waals surface area contributed by atoms with Crippen molar-refractivity contribution in [1.82, 2.24) is 0 Å². The third-order valence-corrected chi connectivity index (χ3v) is 8.14. The van der Waals surface area contributed by atoms with Crippen LogP contribution in [-0.2, 0) is 4.79 Å². The first-order valence-corrected chi connectivity index (χ1v) is 9.34. The first-order chi connectivity index (χ1) is 10.5. The SMILES string of the molecule is CC(=O)C1CCC2C3CC=C4C=CCCC4(C)C3CCC12C. The number of carbonyl (C=O) groups excluding carboxylic acids is 1. The van der Waals surface area contributed by atoms with Gasteiger partial charge in [-0.3, -0.25) is 4.79 Å². The van der Waals surface area contributed by atoms with Crippen LogP contribution in [0, 0.1) is 34.5 Å². The standard InChI is InChI=1S/C21H30O/c1-14(22)17-9-10-18-16-8-7-15-6-4-5-12-20(15,2)19(16)11-13-21(17,18)3/h4,6-7,16-19H,5,8-13H2,1-3H3. The van der Waals surface area contributed by atoms with E-state index in [1.165, 1.54) is 38.5 Å². The van der Waals surface area contributed by atoms with E-state index in [0.29, 0.717) is 22.5 Å². The molecule has 0 aromatic carbocycles. The Labute approximate surface area is 135 Å². The van der Waals surface area contributed by atoms with Crippen molar-refractivity contribution in [2.75, 3.05) is 0 Å². The van der Waals surface area contributed by atoms with Gasteiger partial charge in [-0.1, -0.05) is 32.1 Å². The summed E-state index contributed by atoms with van der Waals surface area (Å²) >= 11 is 0. The molecule has 0 spiro atoms. The summed E-state index contributed by atoms with van der Waals surface area (Å²) in [6.45, 7) is 6.80. The van der Waals surface area contributed by atoms with E-state index >= 15 is 0 Å². The van der Waals surface area contributed by atoms with Crippen LogP contribution in [0.25, 0.3) is 0 Å². The van der Waals surface area contributed by atoms with Crippen LogP contribution < -0.4 is 0 Å². The van der Waals surface area contributed by atoms with Crippen molar-refractivity contribution in [3.8, 4) is 0 Å². The molecule has 6 atom stereocenters. The van der Waals surface area contributed by atoms with Crippen LogP contribution in [0.4, 0.5) is 0 Å². The van der Waals surface area contributed by atoms with Crippen LogP contribution in [0.2, 0.25) is 0 Å². The highest BCUT2D eigenvalue weighted by molar-refractivity contribution is 5.79. The lowest BCUT2D eigenvalue weighted by Crippen LogP contribution is -2.49. The molecular weight excluding hydrogens is 268 g/mol. The lowest BCUT2D eigenvalue weighted by Gasteiger charge is -2.56. The normalized spacial score (nSPS) is 49.9. The quantitative estimate of drug-likeness (QED) is 0.640. The Morgan fingerprint density at radius 1 is 1.14 bits per heavy atom. The maximum absolute atomic E-state index is 12.1. The van der Waals surface area contributed by atoms with Crippen LogP contribution in [0.15, 0.2) is 23.8 Å². The van der Waals surface area contributed by atoms with Crippen molar-refractivity contribution in [2.24, 2.45) is 34.5 Å². The second-order valence-corrected chi connectivity index (χ2v) is 8.92. The van der Waals surface area contributed by atoms with E-state index in [2.05, 4.69) is 32.1 Å². The molecule has 4 rings (SSSR count). The maximum Gasteiger partial charge on any atom is 0.133 e. The molecule has 0 amide bonds. The Kier molecular flexibility index (Phi) is 3.23. The fourth-order valence-corrected chi connectivity index (χ4v) is 6.97. The third kappa shape index (κ3) is 1.80. The topological polar surface area (TPSA) is 17.1 Å². The summed E-state index contributed by atoms with van der Waals surface area (Å²) < 4.78 is 0. The molecule has 0 bridgehead atoms. The average Bonchev–Trinajstić information content (AvgIpc) is 2.84. The monoisotopic (exact) mass is 298 g/mol. The minimum Gasteiger partial charge on any atom is -0.300 e. The first kappa shape index (κ1) is 14.7. The number of hydrogen-bond acceptors (Lipinski definition) is 1. The minimum absolute atomic E-state index is 0.291. The van der Waals surface area contributed by atoms with Gasteiger partial charge in [0.25, 0.3) is 0 Å². The highest BCUT2D eigenvalue weighted by atomic mass is 16.1. The van der Waals surface area contributed by atoms with Gasteiger partial charge in [0, 0.05) is 5.92 Å². The summed E-state index contributed by atoms with van der Waals surface area (Å²) in [6, 6.07) is 0. The molecule has 4 aliphatic carbocycles. The van der Waals surface area contributed by atoms with Gasteiger partial charge in [-0.25, -0.2) is 0 Å². The van der Waals surface area contributed by atoms with Crippen LogP contribution >= 0.6 is 0 Å². The zero-order chi connectivity index (χ0) is 15.5. The maximum atomic E-state index is 12.1. The van der Waals surface area contributed by atoms with E-state index in [1.54, 1.807) is 5.57 Å². The Morgan fingerprint density at radius 2 is 1.95 bits per heavy atom. The van der Waals surface area contributed by atoms with E-state index in [1.807, 2.05) is 6.92 Å². The molecule has 120 valence electrons. The van der Waals surface area contributed by atoms with Crippen molar-refractivity contribution in [3.63, 3.8) is 0 Å². The number of hydrogen-bond donors (Lipinski definition) is 0. The molecule has 0 aliphatic heterocycles. The summed E-state index contributed by atoms with van der Waals surface area (Å²) in [5, 5.41) is 0. The minimum atomic E-state index is 0.291. The number of ketones is 1. The molecule has 0 radical (unpaired) electrons. The highest BCUT2D eigenvalue weighted by Gasteiger charge is 2.58. The lowest BCUT2D eigenvalue weighted by atomic mass is 9.48. The fraction of sp³-hybridized carbons (Fsp3) is 0.762. The van der Waals surface area contributed by atoms with Crippen molar-refractivity contribution in [2.45, 2.75) is 65.7 Å². The van der Waals surface area contributed by atoms with E-state index in [9.17, 15) is 4.79 Å². The van der Waals surface area contributed by atoms with Gasteiger partial charge < -0.3 is 0 Å². The van der Waals surface area contributed by atoms with Crippen LogP contribution in [-0.4, -0.2) is 5.78 Å². The lowest BCUT2D eigenvalue weighted by molar-refractivity contribution is -0.127. The number of Topliss-reactive ketones (excluding diaryl/α,β-unsaturated/α-hetero) is 1. The predicted octanol–water partition coefficient (Wildman–Crippen LogP) is 5.32. The number of fused-ring (bicyclic) bond motifs is 5. The summed E-state index contributed by atoms with van der Waals surface area (Å²) in [5.41, 5.74) is 2.32. The average molecular weight is 298 g/mol. The Hall–Kier alpha value is -0.850. The molecule has 0 N–H and O–H groups in total. The Balaban J connectivity index is 1.70. The van der Waals surface area contributed by atoms with E-state index < -0.39 is 0 Å². The number of rotatable bonds is 1. The zero-order valence-electron chi connectivity index (χ0n) is 14.4. The Bertz CT molecular complexity index is 556. The summed E-state index contributed by atoms with van der Waals surface area (Å²) in [6.07, 6.45) is 16.2. The Morgan fingerprint density at radius 3 is 2.73 bits per heavy atom. The second kappa shape index (κ2) is 4.82. The van der Waals surface area contributed by atoms with Gasteiger partial charge >= 0.3 is 0 Å². The van der Waals surface area contributed by atoms with E-state index in [4.69, 9.17) is 0 Å². The third-order valence-electron chi connectivity index (χ3n) is 8.14. The van der Waals surface area contributed by atoms with Crippen molar-refractivity contribution >= 4 is 5.78 Å². The van der Waals surface area contributed by atoms with E-state index in [0.717, 1.165) is 24.2 Å². The first-order valence-electron chi connectivity index (χ1n) is 9.34. The number of carbonyl (C=O) groups is 1. The summed E-state index contributed by atoms with van der Waals surface area (Å²) in [7, 11) is 0. The molecule has 6 unspecified atom stereocenters. The van der Waals surface area contributed by atoms with Gasteiger partial charge in [0.1, 0.15) is 5.78 Å². The molecule has 2 saturated carbocycles. The second-order valence-electron chi connectivity index (χ2n) is 8.92. The van der Waals surface area contributed by atoms with Gasteiger partial charge in [-0.15, -0.1) is 0 Å². The molecule has 0 aromatic rings. The molecular formula is C21H30O. The van der Waals surface area contributed by atoms with Crippen molar-refractivity contribution in [3.05, 3.63) is 23.8 Å². The fourth-order valence-electron chi connectivity index (χ4n) is 6.97. The van der Waals surface area contributed by atoms with Gasteiger partial charge in [0.05, 0.1) is 0 Å². The van der Waals surface area contributed by atoms with Crippen LogP contribution in [0.1, 0.15) is 65.7 Å². The molecule has 2 fully saturated rings. The smallest absolute Gasteiger partial charge is 0.133 e.